The van der Waals surface area contributed by atoms with Gasteiger partial charge in [0.1, 0.15) is 6.07 Å². The maximum Gasteiger partial charge on any atom is 0.161 e. The third kappa shape index (κ3) is 3.32. The van der Waals surface area contributed by atoms with Gasteiger partial charge in [0, 0.05) is 19.8 Å². The molecule has 0 saturated carbocycles. The molecule has 2 rings (SSSR count). The number of allylic oxidation sites excluding steroid dienone is 1. The average molecular weight is 396 g/mol. The van der Waals surface area contributed by atoms with Crippen molar-refractivity contribution >= 4 is 49.5 Å². The third-order valence-electron chi connectivity index (χ3n) is 3.03. The van der Waals surface area contributed by atoms with Crippen LogP contribution >= 0.6 is 39.0 Å². The summed E-state index contributed by atoms with van der Waals surface area (Å²) in [5.41, 5.74) is 1.40. The van der Waals surface area contributed by atoms with Gasteiger partial charge in [-0.3, -0.25) is 0 Å². The van der Waals surface area contributed by atoms with Crippen molar-refractivity contribution in [3.8, 4) is 17.6 Å². The SMILES string of the molecule is COc1cc(Br)c(/C(C#N)=C(\SC)c2cccs2)cc1OC. The standard InChI is InChI=1S/C16H14BrNO2S2/c1-19-13-7-10(12(17)8-14(13)20-2)11(9-18)16(21-3)15-5-4-6-22-15/h4-8H,1-3H3/b16-11-. The quantitative estimate of drug-likeness (QED) is 0.645. The molecule has 3 nitrogen and oxygen atoms in total. The molecule has 1 aromatic heterocycles. The van der Waals surface area contributed by atoms with Crippen LogP contribution in [-0.4, -0.2) is 20.5 Å². The topological polar surface area (TPSA) is 42.2 Å². The average Bonchev–Trinajstić information content (AvgIpc) is 3.06. The van der Waals surface area contributed by atoms with E-state index >= 15 is 0 Å². The Morgan fingerprint density at radius 1 is 1.27 bits per heavy atom. The first-order valence-corrected chi connectivity index (χ1v) is 9.20. The molecule has 0 atom stereocenters. The van der Waals surface area contributed by atoms with Crippen LogP contribution in [0.5, 0.6) is 11.5 Å². The molecule has 0 saturated heterocycles. The molecule has 1 aromatic carbocycles. The zero-order valence-corrected chi connectivity index (χ0v) is 15.6. The van der Waals surface area contributed by atoms with Crippen molar-refractivity contribution in [2.75, 3.05) is 20.5 Å². The molecular weight excluding hydrogens is 382 g/mol. The fraction of sp³-hybridized carbons (Fsp3) is 0.188. The van der Waals surface area contributed by atoms with Crippen LogP contribution in [0.25, 0.3) is 10.5 Å². The van der Waals surface area contributed by atoms with E-state index in [1.807, 2.05) is 35.9 Å². The lowest BCUT2D eigenvalue weighted by Crippen LogP contribution is -1.94. The van der Waals surface area contributed by atoms with Crippen LogP contribution in [0.4, 0.5) is 0 Å². The number of hydrogen-bond acceptors (Lipinski definition) is 5. The predicted molar refractivity (Wildman–Crippen MR) is 97.5 cm³/mol. The molecule has 0 N–H and O–H groups in total. The van der Waals surface area contributed by atoms with Gasteiger partial charge in [0.15, 0.2) is 11.5 Å². The summed E-state index contributed by atoms with van der Waals surface area (Å²) in [6.07, 6.45) is 1.97. The summed E-state index contributed by atoms with van der Waals surface area (Å²) >= 11 is 6.71. The second-order valence-electron chi connectivity index (χ2n) is 4.18. The first-order valence-electron chi connectivity index (χ1n) is 6.30. The van der Waals surface area contributed by atoms with E-state index in [-0.39, 0.29) is 0 Å². The molecule has 0 fully saturated rings. The number of halogens is 1. The molecular formula is C16H14BrNO2S2. The van der Waals surface area contributed by atoms with E-state index in [4.69, 9.17) is 9.47 Å². The number of thioether (sulfide) groups is 1. The number of benzene rings is 1. The second kappa shape index (κ2) is 7.73. The van der Waals surface area contributed by atoms with Gasteiger partial charge in [-0.1, -0.05) is 6.07 Å². The Kier molecular flexibility index (Phi) is 5.95. The third-order valence-corrected chi connectivity index (χ3v) is 5.54. The maximum atomic E-state index is 9.68. The van der Waals surface area contributed by atoms with Crippen LogP contribution in [0.1, 0.15) is 10.4 Å². The highest BCUT2D eigenvalue weighted by Crippen LogP contribution is 2.41. The van der Waals surface area contributed by atoms with E-state index < -0.39 is 0 Å². The van der Waals surface area contributed by atoms with Crippen LogP contribution in [0.3, 0.4) is 0 Å². The van der Waals surface area contributed by atoms with Crippen molar-refractivity contribution in [2.24, 2.45) is 0 Å². The summed E-state index contributed by atoms with van der Waals surface area (Å²) in [5.74, 6) is 1.22. The van der Waals surface area contributed by atoms with Gasteiger partial charge >= 0.3 is 0 Å². The molecule has 1 heterocycles. The number of thiophene rings is 1. The van der Waals surface area contributed by atoms with E-state index in [1.54, 1.807) is 37.3 Å². The first-order chi connectivity index (χ1) is 10.7. The molecule has 2 aromatic rings. The highest BCUT2D eigenvalue weighted by Gasteiger charge is 2.17. The molecule has 0 unspecified atom stereocenters. The minimum atomic E-state index is 0.597. The molecule has 6 heteroatoms. The zero-order chi connectivity index (χ0) is 16.1. The summed E-state index contributed by atoms with van der Waals surface area (Å²) < 4.78 is 11.4. The van der Waals surface area contributed by atoms with Crippen molar-refractivity contribution in [1.29, 1.82) is 5.26 Å². The van der Waals surface area contributed by atoms with Gasteiger partial charge in [0.2, 0.25) is 0 Å². The zero-order valence-electron chi connectivity index (χ0n) is 12.3. The van der Waals surface area contributed by atoms with Gasteiger partial charge < -0.3 is 9.47 Å². The van der Waals surface area contributed by atoms with E-state index in [9.17, 15) is 5.26 Å². The lowest BCUT2D eigenvalue weighted by atomic mass is 10.1. The predicted octanol–water partition coefficient (Wildman–Crippen LogP) is 5.28. The van der Waals surface area contributed by atoms with Crippen molar-refractivity contribution < 1.29 is 9.47 Å². The van der Waals surface area contributed by atoms with Crippen molar-refractivity contribution in [1.82, 2.24) is 0 Å². The number of methoxy groups -OCH3 is 2. The lowest BCUT2D eigenvalue weighted by Gasteiger charge is -2.13. The van der Waals surface area contributed by atoms with Crippen LogP contribution in [0, 0.1) is 11.3 Å². The maximum absolute atomic E-state index is 9.68. The van der Waals surface area contributed by atoms with Gasteiger partial charge in [-0.2, -0.15) is 5.26 Å². The normalized spacial score (nSPS) is 11.6. The van der Waals surface area contributed by atoms with Gasteiger partial charge in [-0.15, -0.1) is 23.1 Å². The molecule has 0 radical (unpaired) electrons. The number of nitrogens with zero attached hydrogens (tertiary/aromatic N) is 1. The van der Waals surface area contributed by atoms with E-state index in [2.05, 4.69) is 22.0 Å². The van der Waals surface area contributed by atoms with Crippen LogP contribution < -0.4 is 9.47 Å². The number of rotatable bonds is 5. The molecule has 0 amide bonds. The van der Waals surface area contributed by atoms with Crippen molar-refractivity contribution in [3.63, 3.8) is 0 Å². The Morgan fingerprint density at radius 3 is 2.45 bits per heavy atom. The minimum Gasteiger partial charge on any atom is -0.493 e. The van der Waals surface area contributed by atoms with Crippen LogP contribution in [0.2, 0.25) is 0 Å². The summed E-state index contributed by atoms with van der Waals surface area (Å²) in [5, 5.41) is 11.7. The Labute approximate surface area is 146 Å². The van der Waals surface area contributed by atoms with E-state index in [0.29, 0.717) is 17.1 Å². The fourth-order valence-corrected chi connectivity index (χ4v) is 4.23. The van der Waals surface area contributed by atoms with Crippen LogP contribution in [0.15, 0.2) is 34.1 Å². The van der Waals surface area contributed by atoms with Gasteiger partial charge in [0.05, 0.1) is 19.8 Å². The molecule has 22 heavy (non-hydrogen) atoms. The highest BCUT2D eigenvalue weighted by atomic mass is 79.9. The monoisotopic (exact) mass is 395 g/mol. The minimum absolute atomic E-state index is 0.597. The molecule has 114 valence electrons. The van der Waals surface area contributed by atoms with Gasteiger partial charge in [0.25, 0.3) is 0 Å². The molecule has 0 bridgehead atoms. The Hall–Kier alpha value is -1.42. The Bertz CT molecular complexity index is 733. The fourth-order valence-electron chi connectivity index (χ4n) is 2.01. The second-order valence-corrected chi connectivity index (χ2v) is 6.80. The largest absolute Gasteiger partial charge is 0.493 e. The Balaban J connectivity index is 2.69. The molecule has 0 aliphatic heterocycles. The first kappa shape index (κ1) is 16.9. The summed E-state index contributed by atoms with van der Waals surface area (Å²) in [4.78, 5) is 2.02. The van der Waals surface area contributed by atoms with E-state index in [1.165, 1.54) is 0 Å². The van der Waals surface area contributed by atoms with Gasteiger partial charge in [-0.25, -0.2) is 0 Å². The summed E-state index contributed by atoms with van der Waals surface area (Å²) in [6.45, 7) is 0. The Morgan fingerprint density at radius 2 is 1.95 bits per heavy atom. The van der Waals surface area contributed by atoms with Gasteiger partial charge in [-0.05, 0) is 45.8 Å². The number of nitriles is 1. The smallest absolute Gasteiger partial charge is 0.161 e. The van der Waals surface area contributed by atoms with Crippen molar-refractivity contribution in [3.05, 3.63) is 44.6 Å². The lowest BCUT2D eigenvalue weighted by molar-refractivity contribution is 0.354. The summed E-state index contributed by atoms with van der Waals surface area (Å²) in [7, 11) is 3.17. The van der Waals surface area contributed by atoms with E-state index in [0.717, 1.165) is 19.8 Å². The number of ether oxygens (including phenoxy) is 2. The molecule has 0 spiro atoms. The molecule has 0 aliphatic rings. The highest BCUT2D eigenvalue weighted by molar-refractivity contribution is 9.10. The summed E-state index contributed by atoms with van der Waals surface area (Å²) in [6, 6.07) is 9.97. The number of hydrogen-bond donors (Lipinski definition) is 0. The van der Waals surface area contributed by atoms with Crippen molar-refractivity contribution in [2.45, 2.75) is 0 Å². The van der Waals surface area contributed by atoms with Crippen LogP contribution in [-0.2, 0) is 0 Å². The molecule has 0 aliphatic carbocycles.